The molecule has 0 radical (unpaired) electrons. The first-order valence-electron chi connectivity index (χ1n) is 3.90. The van der Waals surface area contributed by atoms with Crippen LogP contribution in [0, 0.1) is 13.8 Å². The predicted molar refractivity (Wildman–Crippen MR) is 48.3 cm³/mol. The Labute approximate surface area is 77.0 Å². The molecule has 1 aromatic rings. The van der Waals surface area contributed by atoms with Gasteiger partial charge in [0.15, 0.2) is 0 Å². The lowest BCUT2D eigenvalue weighted by atomic mass is 10.2. The van der Waals surface area contributed by atoms with Crippen LogP contribution >= 0.6 is 11.6 Å². The highest BCUT2D eigenvalue weighted by Crippen LogP contribution is 2.12. The average Bonchev–Trinajstić information content (AvgIpc) is 2.29. The second-order valence-corrected chi connectivity index (χ2v) is 3.10. The van der Waals surface area contributed by atoms with Crippen molar-refractivity contribution in [1.82, 2.24) is 9.78 Å². The number of hydrogen-bond donors (Lipinski definition) is 1. The monoisotopic (exact) mass is 188 g/mol. The molecule has 0 aliphatic carbocycles. The van der Waals surface area contributed by atoms with Crippen LogP contribution in [0.25, 0.3) is 0 Å². The van der Waals surface area contributed by atoms with Crippen LogP contribution < -0.4 is 0 Å². The molecular formula is C8H13ClN2O. The second-order valence-electron chi connectivity index (χ2n) is 2.72. The van der Waals surface area contributed by atoms with Gasteiger partial charge in [-0.1, -0.05) is 0 Å². The number of nitrogens with zero attached hydrogens (tertiary/aromatic N) is 2. The number of alkyl halides is 1. The molecule has 0 fully saturated rings. The van der Waals surface area contributed by atoms with E-state index in [0.29, 0.717) is 12.4 Å². The van der Waals surface area contributed by atoms with E-state index in [0.717, 1.165) is 17.0 Å². The summed E-state index contributed by atoms with van der Waals surface area (Å²) in [5.41, 5.74) is 2.82. The summed E-state index contributed by atoms with van der Waals surface area (Å²) in [5.74, 6) is 0.548. The normalized spacial score (nSPS) is 10.7. The van der Waals surface area contributed by atoms with Gasteiger partial charge in [-0.05, 0) is 13.8 Å². The van der Waals surface area contributed by atoms with E-state index in [1.54, 1.807) is 0 Å². The molecule has 1 heterocycles. The van der Waals surface area contributed by atoms with Gasteiger partial charge in [0, 0.05) is 17.1 Å². The summed E-state index contributed by atoms with van der Waals surface area (Å²) >= 11 is 5.59. The van der Waals surface area contributed by atoms with Crippen LogP contribution in [0.3, 0.4) is 0 Å². The fourth-order valence-electron chi connectivity index (χ4n) is 1.26. The van der Waals surface area contributed by atoms with Crippen LogP contribution in [-0.4, -0.2) is 20.8 Å². The number of aromatic nitrogens is 2. The average molecular weight is 189 g/mol. The van der Waals surface area contributed by atoms with Crippen molar-refractivity contribution in [1.29, 1.82) is 0 Å². The number of halogens is 1. The first-order chi connectivity index (χ1) is 5.70. The summed E-state index contributed by atoms with van der Waals surface area (Å²) in [6, 6.07) is 0. The van der Waals surface area contributed by atoms with Gasteiger partial charge in [-0.15, -0.1) is 11.6 Å². The second kappa shape index (κ2) is 3.92. The quantitative estimate of drug-likeness (QED) is 0.725. The molecule has 0 atom stereocenters. The van der Waals surface area contributed by atoms with Crippen molar-refractivity contribution in [3.63, 3.8) is 0 Å². The molecular weight excluding hydrogens is 176 g/mol. The molecule has 1 aromatic heterocycles. The Morgan fingerprint density at radius 1 is 1.50 bits per heavy atom. The molecule has 4 heteroatoms. The summed E-state index contributed by atoms with van der Waals surface area (Å²) in [7, 11) is 0. The lowest BCUT2D eigenvalue weighted by Crippen LogP contribution is -2.03. The summed E-state index contributed by atoms with van der Waals surface area (Å²) in [6.45, 7) is 4.59. The third kappa shape index (κ3) is 1.62. The van der Waals surface area contributed by atoms with E-state index in [9.17, 15) is 0 Å². The van der Waals surface area contributed by atoms with Gasteiger partial charge >= 0.3 is 0 Å². The van der Waals surface area contributed by atoms with Gasteiger partial charge in [0.05, 0.1) is 18.8 Å². The molecule has 0 saturated carbocycles. The van der Waals surface area contributed by atoms with Crippen LogP contribution in [0.15, 0.2) is 0 Å². The van der Waals surface area contributed by atoms with E-state index < -0.39 is 0 Å². The van der Waals surface area contributed by atoms with Gasteiger partial charge in [0.1, 0.15) is 0 Å². The number of hydrogen-bond acceptors (Lipinski definition) is 2. The number of aliphatic hydroxyl groups is 1. The predicted octanol–water partition coefficient (Wildman–Crippen LogP) is 1.23. The lowest BCUT2D eigenvalue weighted by molar-refractivity contribution is 0.280. The van der Waals surface area contributed by atoms with E-state index >= 15 is 0 Å². The van der Waals surface area contributed by atoms with Crippen molar-refractivity contribution in [2.75, 3.05) is 5.88 Å². The van der Waals surface area contributed by atoms with Crippen molar-refractivity contribution >= 4 is 11.6 Å². The van der Waals surface area contributed by atoms with Crippen molar-refractivity contribution < 1.29 is 5.11 Å². The molecule has 12 heavy (non-hydrogen) atoms. The van der Waals surface area contributed by atoms with Gasteiger partial charge in [-0.2, -0.15) is 5.10 Å². The molecule has 3 nitrogen and oxygen atoms in total. The Hall–Kier alpha value is -0.540. The topological polar surface area (TPSA) is 38.0 Å². The van der Waals surface area contributed by atoms with Crippen LogP contribution in [0.2, 0.25) is 0 Å². The minimum absolute atomic E-state index is 0.0555. The summed E-state index contributed by atoms with van der Waals surface area (Å²) < 4.78 is 1.83. The molecule has 0 spiro atoms. The molecule has 0 unspecified atom stereocenters. The van der Waals surface area contributed by atoms with Crippen LogP contribution in [0.4, 0.5) is 0 Å². The van der Waals surface area contributed by atoms with Gasteiger partial charge in [-0.3, -0.25) is 4.68 Å². The Morgan fingerprint density at radius 2 is 2.17 bits per heavy atom. The number of rotatable bonds is 3. The minimum atomic E-state index is 0.0555. The van der Waals surface area contributed by atoms with E-state index in [-0.39, 0.29) is 6.61 Å². The molecule has 1 rings (SSSR count). The first-order valence-corrected chi connectivity index (χ1v) is 4.44. The SMILES string of the molecule is Cc1nn(CCCl)c(C)c1CO. The minimum Gasteiger partial charge on any atom is -0.392 e. The van der Waals surface area contributed by atoms with Gasteiger partial charge in [-0.25, -0.2) is 0 Å². The van der Waals surface area contributed by atoms with E-state index in [1.165, 1.54) is 0 Å². The van der Waals surface area contributed by atoms with Crippen LogP contribution in [-0.2, 0) is 13.2 Å². The maximum absolute atomic E-state index is 8.99. The molecule has 0 amide bonds. The lowest BCUT2D eigenvalue weighted by Gasteiger charge is -2.00. The van der Waals surface area contributed by atoms with E-state index in [1.807, 2.05) is 18.5 Å². The zero-order valence-electron chi connectivity index (χ0n) is 7.34. The highest BCUT2D eigenvalue weighted by atomic mass is 35.5. The smallest absolute Gasteiger partial charge is 0.0718 e. The number of aryl methyl sites for hydroxylation is 2. The van der Waals surface area contributed by atoms with Crippen LogP contribution in [0.5, 0.6) is 0 Å². The Balaban J connectivity index is 3.00. The molecule has 0 aliphatic heterocycles. The summed E-state index contributed by atoms with van der Waals surface area (Å²) in [5, 5.41) is 13.2. The molecule has 68 valence electrons. The zero-order valence-corrected chi connectivity index (χ0v) is 8.10. The van der Waals surface area contributed by atoms with Gasteiger partial charge in [0.25, 0.3) is 0 Å². The van der Waals surface area contributed by atoms with E-state index in [2.05, 4.69) is 5.10 Å². The fourth-order valence-corrected chi connectivity index (χ4v) is 1.42. The molecule has 0 aromatic carbocycles. The standard InChI is InChI=1S/C8H13ClN2O/c1-6-8(5-12)7(2)11(10-6)4-3-9/h12H,3-5H2,1-2H3. The summed E-state index contributed by atoms with van der Waals surface area (Å²) in [6.07, 6.45) is 0. The maximum atomic E-state index is 8.99. The summed E-state index contributed by atoms with van der Waals surface area (Å²) in [4.78, 5) is 0. The van der Waals surface area contributed by atoms with E-state index in [4.69, 9.17) is 16.7 Å². The number of aliphatic hydroxyl groups excluding tert-OH is 1. The highest BCUT2D eigenvalue weighted by Gasteiger charge is 2.08. The molecule has 0 saturated heterocycles. The Bertz CT molecular complexity index is 270. The van der Waals surface area contributed by atoms with Gasteiger partial charge in [0.2, 0.25) is 0 Å². The third-order valence-electron chi connectivity index (χ3n) is 1.99. The van der Waals surface area contributed by atoms with Crippen LogP contribution in [0.1, 0.15) is 17.0 Å². The Morgan fingerprint density at radius 3 is 2.58 bits per heavy atom. The third-order valence-corrected chi connectivity index (χ3v) is 2.15. The largest absolute Gasteiger partial charge is 0.392 e. The molecule has 0 bridgehead atoms. The fraction of sp³-hybridized carbons (Fsp3) is 0.625. The van der Waals surface area contributed by atoms with Gasteiger partial charge < -0.3 is 5.11 Å². The first kappa shape index (κ1) is 9.55. The van der Waals surface area contributed by atoms with Crippen molar-refractivity contribution in [3.05, 3.63) is 17.0 Å². The Kier molecular flexibility index (Phi) is 3.12. The van der Waals surface area contributed by atoms with Crippen molar-refractivity contribution in [2.45, 2.75) is 27.0 Å². The highest BCUT2D eigenvalue weighted by molar-refractivity contribution is 6.17. The van der Waals surface area contributed by atoms with Crippen molar-refractivity contribution in [3.8, 4) is 0 Å². The molecule has 0 aliphatic rings. The zero-order chi connectivity index (χ0) is 9.14. The molecule has 1 N–H and O–H groups in total. The maximum Gasteiger partial charge on any atom is 0.0718 e. The van der Waals surface area contributed by atoms with Crippen molar-refractivity contribution in [2.24, 2.45) is 0 Å².